The third-order valence-electron chi connectivity index (χ3n) is 2.75. The number of nitrogens with one attached hydrogen (secondary N) is 1. The lowest BCUT2D eigenvalue weighted by atomic mass is 10.1. The van der Waals surface area contributed by atoms with E-state index in [2.05, 4.69) is 25.4 Å². The molecular weight excluding hydrogens is 154 g/mol. The Bertz CT molecular complexity index is 116. The van der Waals surface area contributed by atoms with Crippen LogP contribution in [0, 0.1) is 5.92 Å². The van der Waals surface area contributed by atoms with Gasteiger partial charge in [0.1, 0.15) is 0 Å². The molecule has 3 atom stereocenters. The molecule has 11 heavy (non-hydrogen) atoms. The van der Waals surface area contributed by atoms with Crippen LogP contribution < -0.4 is 5.32 Å². The third-order valence-corrected chi connectivity index (χ3v) is 4.02. The predicted octanol–water partition coefficient (Wildman–Crippen LogP) is 2.13. The first-order valence-electron chi connectivity index (χ1n) is 4.55. The molecule has 0 aromatic rings. The van der Waals surface area contributed by atoms with Crippen LogP contribution in [0.3, 0.4) is 0 Å². The topological polar surface area (TPSA) is 12.0 Å². The fourth-order valence-corrected chi connectivity index (χ4v) is 3.00. The maximum absolute atomic E-state index is 3.55. The molecule has 1 aliphatic rings. The molecule has 0 heterocycles. The van der Waals surface area contributed by atoms with Gasteiger partial charge in [-0.05, 0) is 31.6 Å². The van der Waals surface area contributed by atoms with E-state index in [9.17, 15) is 0 Å². The van der Waals surface area contributed by atoms with Crippen LogP contribution in [-0.4, -0.2) is 24.1 Å². The van der Waals surface area contributed by atoms with Crippen LogP contribution in [-0.2, 0) is 0 Å². The molecule has 2 heteroatoms. The summed E-state index contributed by atoms with van der Waals surface area (Å²) in [7, 11) is 0. The van der Waals surface area contributed by atoms with Crippen molar-refractivity contribution in [3.63, 3.8) is 0 Å². The Morgan fingerprint density at radius 1 is 1.45 bits per heavy atom. The Kier molecular flexibility index (Phi) is 3.73. The van der Waals surface area contributed by atoms with Crippen LogP contribution in [0.4, 0.5) is 0 Å². The van der Waals surface area contributed by atoms with Crippen LogP contribution in [0.25, 0.3) is 0 Å². The van der Waals surface area contributed by atoms with Gasteiger partial charge in [-0.1, -0.05) is 13.8 Å². The molecule has 0 amide bonds. The Hall–Kier alpha value is 0.310. The van der Waals surface area contributed by atoms with Crippen molar-refractivity contribution in [3.05, 3.63) is 0 Å². The van der Waals surface area contributed by atoms with Crippen LogP contribution in [0.1, 0.15) is 26.7 Å². The number of thioether (sulfide) groups is 1. The van der Waals surface area contributed by atoms with E-state index in [-0.39, 0.29) is 0 Å². The summed E-state index contributed by atoms with van der Waals surface area (Å²) >= 11 is 2.03. The van der Waals surface area contributed by atoms with Gasteiger partial charge >= 0.3 is 0 Å². The lowest BCUT2D eigenvalue weighted by molar-refractivity contribution is 0.441. The minimum Gasteiger partial charge on any atom is -0.314 e. The number of hydrogen-bond donors (Lipinski definition) is 1. The molecule has 1 fully saturated rings. The number of rotatable bonds is 3. The first-order valence-corrected chi connectivity index (χ1v) is 5.84. The molecule has 1 saturated carbocycles. The van der Waals surface area contributed by atoms with Gasteiger partial charge in [-0.15, -0.1) is 0 Å². The van der Waals surface area contributed by atoms with Gasteiger partial charge in [0.05, 0.1) is 0 Å². The molecule has 0 radical (unpaired) electrons. The molecule has 66 valence electrons. The van der Waals surface area contributed by atoms with E-state index in [1.807, 2.05) is 11.8 Å². The predicted molar refractivity (Wildman–Crippen MR) is 53.2 cm³/mol. The van der Waals surface area contributed by atoms with E-state index >= 15 is 0 Å². The molecular formula is C9H19NS. The SMILES string of the molecule is CCNC1CCC(SC)C1C. The second-order valence-electron chi connectivity index (χ2n) is 3.37. The van der Waals surface area contributed by atoms with Gasteiger partial charge < -0.3 is 5.32 Å². The zero-order valence-corrected chi connectivity index (χ0v) is 8.58. The zero-order valence-electron chi connectivity index (χ0n) is 7.76. The average molecular weight is 173 g/mol. The second kappa shape index (κ2) is 4.36. The quantitative estimate of drug-likeness (QED) is 0.701. The largest absolute Gasteiger partial charge is 0.314 e. The molecule has 0 saturated heterocycles. The smallest absolute Gasteiger partial charge is 0.0103 e. The van der Waals surface area contributed by atoms with Gasteiger partial charge in [-0.25, -0.2) is 0 Å². The molecule has 1 aliphatic carbocycles. The molecule has 0 aromatic carbocycles. The normalized spacial score (nSPS) is 37.9. The molecule has 3 unspecified atom stereocenters. The fraction of sp³-hybridized carbons (Fsp3) is 1.00. The fourth-order valence-electron chi connectivity index (χ4n) is 2.01. The Labute approximate surface area is 74.3 Å². The van der Waals surface area contributed by atoms with Crippen molar-refractivity contribution in [3.8, 4) is 0 Å². The van der Waals surface area contributed by atoms with Gasteiger partial charge in [0.15, 0.2) is 0 Å². The van der Waals surface area contributed by atoms with Crippen molar-refractivity contribution >= 4 is 11.8 Å². The molecule has 0 aliphatic heterocycles. The van der Waals surface area contributed by atoms with Gasteiger partial charge in [0.2, 0.25) is 0 Å². The van der Waals surface area contributed by atoms with E-state index in [4.69, 9.17) is 0 Å². The zero-order chi connectivity index (χ0) is 8.27. The molecule has 0 bridgehead atoms. The summed E-state index contributed by atoms with van der Waals surface area (Å²) in [6, 6.07) is 0.789. The highest BCUT2D eigenvalue weighted by Gasteiger charge is 2.31. The van der Waals surface area contributed by atoms with E-state index in [0.29, 0.717) is 0 Å². The summed E-state index contributed by atoms with van der Waals surface area (Å²) in [4.78, 5) is 0. The average Bonchev–Trinajstić information content (AvgIpc) is 2.34. The lowest BCUT2D eigenvalue weighted by Gasteiger charge is -2.19. The summed E-state index contributed by atoms with van der Waals surface area (Å²) in [5, 5.41) is 4.45. The van der Waals surface area contributed by atoms with Crippen molar-refractivity contribution in [2.24, 2.45) is 5.92 Å². The highest BCUT2D eigenvalue weighted by Crippen LogP contribution is 2.33. The maximum atomic E-state index is 3.55. The van der Waals surface area contributed by atoms with Gasteiger partial charge in [-0.2, -0.15) is 11.8 Å². The Morgan fingerprint density at radius 2 is 2.18 bits per heavy atom. The van der Waals surface area contributed by atoms with Crippen LogP contribution in [0.2, 0.25) is 0 Å². The van der Waals surface area contributed by atoms with Crippen LogP contribution in [0.5, 0.6) is 0 Å². The monoisotopic (exact) mass is 173 g/mol. The highest BCUT2D eigenvalue weighted by atomic mass is 32.2. The summed E-state index contributed by atoms with van der Waals surface area (Å²) in [5.74, 6) is 0.866. The first-order chi connectivity index (χ1) is 5.29. The third kappa shape index (κ3) is 2.12. The number of hydrogen-bond acceptors (Lipinski definition) is 2. The molecule has 0 aromatic heterocycles. The van der Waals surface area contributed by atoms with Gasteiger partial charge in [0, 0.05) is 11.3 Å². The Morgan fingerprint density at radius 3 is 2.64 bits per heavy atom. The maximum Gasteiger partial charge on any atom is 0.0103 e. The molecule has 1 nitrogen and oxygen atoms in total. The van der Waals surface area contributed by atoms with Crippen LogP contribution in [0.15, 0.2) is 0 Å². The van der Waals surface area contributed by atoms with Gasteiger partial charge in [-0.3, -0.25) is 0 Å². The van der Waals surface area contributed by atoms with Crippen molar-refractivity contribution in [2.45, 2.75) is 38.0 Å². The lowest BCUT2D eigenvalue weighted by Crippen LogP contribution is -2.32. The minimum absolute atomic E-state index is 0.789. The second-order valence-corrected chi connectivity index (χ2v) is 4.45. The standard InChI is InChI=1S/C9H19NS/c1-4-10-8-5-6-9(11-3)7(8)2/h7-10H,4-6H2,1-3H3. The Balaban J connectivity index is 2.35. The van der Waals surface area contributed by atoms with Gasteiger partial charge in [0.25, 0.3) is 0 Å². The summed E-state index contributed by atoms with van der Waals surface area (Å²) in [6.07, 6.45) is 5.01. The molecule has 1 N–H and O–H groups in total. The molecule has 1 rings (SSSR count). The van der Waals surface area contributed by atoms with E-state index in [1.165, 1.54) is 12.8 Å². The van der Waals surface area contributed by atoms with Crippen molar-refractivity contribution in [1.82, 2.24) is 5.32 Å². The summed E-state index contributed by atoms with van der Waals surface area (Å²) in [6.45, 7) is 5.69. The molecule has 0 spiro atoms. The first kappa shape index (κ1) is 9.40. The van der Waals surface area contributed by atoms with Crippen molar-refractivity contribution in [2.75, 3.05) is 12.8 Å². The van der Waals surface area contributed by atoms with E-state index in [0.717, 1.165) is 23.8 Å². The van der Waals surface area contributed by atoms with E-state index in [1.54, 1.807) is 0 Å². The highest BCUT2D eigenvalue weighted by molar-refractivity contribution is 7.99. The summed E-state index contributed by atoms with van der Waals surface area (Å²) < 4.78 is 0. The van der Waals surface area contributed by atoms with Crippen molar-refractivity contribution in [1.29, 1.82) is 0 Å². The minimum atomic E-state index is 0.789. The van der Waals surface area contributed by atoms with E-state index < -0.39 is 0 Å². The van der Waals surface area contributed by atoms with Crippen molar-refractivity contribution < 1.29 is 0 Å². The summed E-state index contributed by atoms with van der Waals surface area (Å²) in [5.41, 5.74) is 0. The van der Waals surface area contributed by atoms with Crippen LogP contribution >= 0.6 is 11.8 Å².